The number of nitrogens with one attached hydrogen (secondary N) is 2. The van der Waals surface area contributed by atoms with Crippen LogP contribution >= 0.6 is 22.6 Å². The first kappa shape index (κ1) is 92.8. The molecule has 6 fully saturated rings. The number of carbonyl (C=O) groups excluding carboxylic acids is 25. The van der Waals surface area contributed by atoms with Crippen molar-refractivity contribution in [1.29, 1.82) is 0 Å². The van der Waals surface area contributed by atoms with Gasteiger partial charge in [-0.2, -0.15) is 8.42 Å². The smallest absolute Gasteiger partial charge is 0.330 e. The minimum Gasteiger partial charge on any atom is -0.330 e. The molecular weight excluding hydrogens is 1730 g/mol. The minimum absolute atomic E-state index is 0.0186. The number of anilines is 2. The molecule has 3 aromatic rings. The lowest BCUT2D eigenvalue weighted by atomic mass is 10.1. The van der Waals surface area contributed by atoms with Gasteiger partial charge in [0, 0.05) is 137 Å². The van der Waals surface area contributed by atoms with Crippen LogP contribution in [0.4, 0.5) is 11.4 Å². The molecular formula is C73H68IN11O34S. The Bertz CT molecular complexity index is 4880. The molecule has 0 bridgehead atoms. The number of hydrogen-bond donors (Lipinski definition) is 3. The summed E-state index contributed by atoms with van der Waals surface area (Å²) in [6, 6.07) is 17.7. The van der Waals surface area contributed by atoms with Crippen molar-refractivity contribution in [2.24, 2.45) is 0 Å². The molecule has 9 aliphatic heterocycles. The third-order valence-electron chi connectivity index (χ3n) is 16.5. The average molecular weight is 1800 g/mol. The summed E-state index contributed by atoms with van der Waals surface area (Å²) in [6.45, 7) is 6.96. The van der Waals surface area contributed by atoms with Gasteiger partial charge in [-0.3, -0.25) is 105 Å². The second kappa shape index (κ2) is 42.5. The van der Waals surface area contributed by atoms with Crippen LogP contribution in [0.2, 0.25) is 0 Å². The zero-order chi connectivity index (χ0) is 88.6. The summed E-state index contributed by atoms with van der Waals surface area (Å²) >= 11 is 1.79. The Morgan fingerprint density at radius 1 is 0.408 bits per heavy atom. The highest BCUT2D eigenvalue weighted by Gasteiger charge is 2.49. The van der Waals surface area contributed by atoms with Crippen molar-refractivity contribution in [2.75, 3.05) is 28.2 Å². The monoisotopic (exact) mass is 1800 g/mol. The summed E-state index contributed by atoms with van der Waals surface area (Å²) < 4.78 is 31.1. The molecule has 120 heavy (non-hydrogen) atoms. The number of rotatable bonds is 23. The number of benzene rings is 3. The van der Waals surface area contributed by atoms with Crippen LogP contribution in [0, 0.1) is 0 Å². The quantitative estimate of drug-likeness (QED) is 0.0505. The lowest BCUT2D eigenvalue weighted by molar-refractivity contribution is -0.198. The SMILES string of the molecule is C=C1C=CC(=O)N1Cc1ccc(C(=O)ON2C(=O)CCC2=O)cc1.CCC(=O)Nc1ccc(C(=O)ON2C(=O)CC(S(=O)(=O)O)C2=O)cc1.CCC(=O)Nc1ccc(C(=O)ON2C(=O)CCC2=O)cc1.O=C(CCCN1C(=O)C=CC1=O)ON1C(=O)CCC1=O.O=C(CI)ON1C(=O)CCC1=O.O=C(CN1C(=O)C=CC1=O)ON1C(=O)CCC1=O. The van der Waals surface area contributed by atoms with Gasteiger partial charge in [-0.25, -0.2) is 28.8 Å². The van der Waals surface area contributed by atoms with Crippen LogP contribution in [0.1, 0.15) is 147 Å². The van der Waals surface area contributed by atoms with E-state index < -0.39 is 159 Å². The van der Waals surface area contributed by atoms with Crippen LogP contribution in [-0.2, 0) is 151 Å². The number of alkyl halides is 1. The number of hydroxylamine groups is 12. The van der Waals surface area contributed by atoms with Gasteiger partial charge in [0.05, 0.1) is 29.7 Å². The molecule has 6 saturated heterocycles. The van der Waals surface area contributed by atoms with Gasteiger partial charge in [-0.1, -0.05) is 55.2 Å². The van der Waals surface area contributed by atoms with E-state index >= 15 is 0 Å². The van der Waals surface area contributed by atoms with E-state index in [9.17, 15) is 128 Å². The number of carbonyl (C=O) groups is 25. The maximum Gasteiger partial charge on any atom is 0.363 e. The Morgan fingerprint density at radius 3 is 1.04 bits per heavy atom. The van der Waals surface area contributed by atoms with Crippen molar-refractivity contribution in [3.8, 4) is 0 Å². The van der Waals surface area contributed by atoms with E-state index in [1.54, 1.807) is 54.6 Å². The van der Waals surface area contributed by atoms with Gasteiger partial charge in [0.25, 0.3) is 111 Å². The molecule has 0 aromatic heterocycles. The molecule has 0 saturated carbocycles. The van der Waals surface area contributed by atoms with E-state index in [2.05, 4.69) is 36.6 Å². The number of hydrogen-bond acceptors (Lipinski definition) is 33. The standard InChI is InChI=1S/C17H14N2O5.C14H14N2O8S.C14H14N2O5.C12H12N2O6.C10H8N2O6.C6H6INO4/c1-11-2-7-14(20)18(11)10-12-3-5-13(6-4-12)17(23)24-19-15(21)8-9-16(19)22;1-2-11(17)15-9-5-3-8(4-6-9)14(20)24-16-12(18)7-10(13(16)19)25(21,22)23;1-2-11(17)15-10-5-3-9(4-6-10)14(20)21-16-12(18)7-8-13(16)19;15-8-3-4-9(16)13(8)7-1-2-12(19)20-14-10(17)5-6-11(14)18;13-6-1-2-7(14)11(6)5-10(17)18-12-8(15)3-4-9(12)16;7-3-6(11)12-8-4(9)1-2-5(8)10/h2-7H,1,8-10H2;3-6,10H,2,7H2,1H3,(H,15,17)(H,21,22,23);3-6H,2,7-8H2,1H3,(H,15,17);3-4H,1-2,5-7H2;1-2H,3-5H2;1-3H2. The normalized spacial score (nSPS) is 17.2. The van der Waals surface area contributed by atoms with Crippen LogP contribution in [0.15, 0.2) is 122 Å². The van der Waals surface area contributed by atoms with Crippen molar-refractivity contribution in [2.45, 2.75) is 122 Å². The largest absolute Gasteiger partial charge is 0.363 e. The van der Waals surface area contributed by atoms with E-state index in [1.165, 1.54) is 71.6 Å². The highest BCUT2D eigenvalue weighted by molar-refractivity contribution is 14.1. The van der Waals surface area contributed by atoms with Crippen molar-refractivity contribution < 1.29 is 162 Å². The first-order valence-electron chi connectivity index (χ1n) is 35.3. The number of imide groups is 8. The number of amides is 19. The molecule has 1 unspecified atom stereocenters. The number of allylic oxidation sites excluding steroid dienone is 1. The first-order chi connectivity index (χ1) is 56.7. The van der Waals surface area contributed by atoms with E-state index in [4.69, 9.17) is 14.2 Å². The van der Waals surface area contributed by atoms with Gasteiger partial charge >= 0.3 is 35.8 Å². The van der Waals surface area contributed by atoms with Crippen molar-refractivity contribution in [1.82, 2.24) is 45.1 Å². The third-order valence-corrected chi connectivity index (χ3v) is 18.2. The van der Waals surface area contributed by atoms with Crippen LogP contribution in [0.5, 0.6) is 0 Å². The summed E-state index contributed by atoms with van der Waals surface area (Å²) in [5.74, 6) is -15.4. The second-order valence-corrected chi connectivity index (χ2v) is 27.4. The van der Waals surface area contributed by atoms with Crippen LogP contribution in [0.25, 0.3) is 0 Å². The Labute approximate surface area is 689 Å². The molecule has 0 aliphatic carbocycles. The van der Waals surface area contributed by atoms with E-state index in [1.807, 2.05) is 0 Å². The predicted molar refractivity (Wildman–Crippen MR) is 398 cm³/mol. The van der Waals surface area contributed by atoms with E-state index in [0.717, 1.165) is 34.8 Å². The molecule has 9 aliphatic rings. The van der Waals surface area contributed by atoms with E-state index in [0.29, 0.717) is 60.3 Å². The molecule has 9 heterocycles. The Balaban J connectivity index is 0.000000201. The van der Waals surface area contributed by atoms with Crippen molar-refractivity contribution in [3.05, 3.63) is 144 Å². The lowest BCUT2D eigenvalue weighted by Gasteiger charge is -2.17. The topological polar surface area (TPSA) is 590 Å². The predicted octanol–water partition coefficient (Wildman–Crippen LogP) is 0.544. The molecule has 3 aromatic carbocycles. The van der Waals surface area contributed by atoms with Gasteiger partial charge < -0.3 is 44.6 Å². The van der Waals surface area contributed by atoms with Crippen LogP contribution in [0.3, 0.4) is 0 Å². The van der Waals surface area contributed by atoms with Crippen molar-refractivity contribution >= 4 is 192 Å². The minimum atomic E-state index is -4.78. The molecule has 19 amide bonds. The second-order valence-electron chi connectivity index (χ2n) is 25.1. The average Bonchev–Trinajstić information content (AvgIpc) is 1.65. The van der Waals surface area contributed by atoms with Gasteiger partial charge in [-0.15, -0.1) is 30.4 Å². The molecule has 47 heteroatoms. The van der Waals surface area contributed by atoms with Gasteiger partial charge in [0.15, 0.2) is 5.25 Å². The van der Waals surface area contributed by atoms with Gasteiger partial charge in [-0.05, 0) is 78.7 Å². The fraction of sp³-hybridized carbons (Fsp3) is 0.301. The fourth-order valence-electron chi connectivity index (χ4n) is 10.2. The first-order valence-corrected chi connectivity index (χ1v) is 38.4. The fourth-order valence-corrected chi connectivity index (χ4v) is 11.1. The van der Waals surface area contributed by atoms with Crippen molar-refractivity contribution in [3.63, 3.8) is 0 Å². The Morgan fingerprint density at radius 2 is 0.717 bits per heavy atom. The summed E-state index contributed by atoms with van der Waals surface area (Å²) in [5.41, 5.74) is 2.74. The van der Waals surface area contributed by atoms with Gasteiger partial charge in [0.2, 0.25) is 11.8 Å². The summed E-state index contributed by atoms with van der Waals surface area (Å²) in [6.07, 6.45) is 7.83. The molecule has 0 spiro atoms. The number of halogens is 1. The van der Waals surface area contributed by atoms with Crippen LogP contribution in [-0.4, -0.2) is 229 Å². The molecule has 632 valence electrons. The highest BCUT2D eigenvalue weighted by atomic mass is 127. The molecule has 3 N–H and O–H groups in total. The third kappa shape index (κ3) is 25.8. The molecule has 1 atom stereocenters. The summed E-state index contributed by atoms with van der Waals surface area (Å²) in [4.78, 5) is 315. The summed E-state index contributed by atoms with van der Waals surface area (Å²) in [7, 11) is -4.78. The number of nitrogens with zero attached hydrogens (tertiary/aromatic N) is 9. The maximum absolute atomic E-state index is 12.0. The van der Waals surface area contributed by atoms with Gasteiger partial charge in [0.1, 0.15) is 11.0 Å². The lowest BCUT2D eigenvalue weighted by Crippen LogP contribution is -2.40. The zero-order valence-corrected chi connectivity index (χ0v) is 65.8. The molecule has 45 nitrogen and oxygen atoms in total. The van der Waals surface area contributed by atoms with E-state index in [-0.39, 0.29) is 134 Å². The molecule has 12 rings (SSSR count). The zero-order valence-electron chi connectivity index (χ0n) is 62.8. The van der Waals surface area contributed by atoms with Crippen LogP contribution < -0.4 is 10.6 Å². The highest BCUT2D eigenvalue weighted by Crippen LogP contribution is 2.25. The maximum atomic E-state index is 12.0. The Kier molecular flexibility index (Phi) is 32.8. The Hall–Kier alpha value is -14.4. The summed E-state index contributed by atoms with van der Waals surface area (Å²) in [5, 5.41) is 5.61. The molecule has 0 radical (unpaired) electrons.